The predicted octanol–water partition coefficient (Wildman–Crippen LogP) is 7.27. The highest BCUT2D eigenvalue weighted by atomic mass is 32.1. The first kappa shape index (κ1) is 45.0. The van der Waals surface area contributed by atoms with Crippen LogP contribution in [0.15, 0.2) is 29.6 Å². The average Bonchev–Trinajstić information content (AvgIpc) is 3.67. The van der Waals surface area contributed by atoms with Gasteiger partial charge in [0.25, 0.3) is 5.91 Å². The largest absolute Gasteiger partial charge is 0.508 e. The number of ether oxygens (including phenoxy) is 2. The molecule has 12 heteroatoms. The van der Waals surface area contributed by atoms with Gasteiger partial charge in [0.05, 0.1) is 19.1 Å². The van der Waals surface area contributed by atoms with E-state index in [4.69, 9.17) is 14.5 Å². The monoisotopic (exact) mass is 770 g/mol. The molecule has 302 valence electrons. The van der Waals surface area contributed by atoms with Crippen LogP contribution >= 0.6 is 11.3 Å². The van der Waals surface area contributed by atoms with E-state index < -0.39 is 24.0 Å². The second kappa shape index (κ2) is 22.9. The minimum absolute atomic E-state index is 0.0309. The van der Waals surface area contributed by atoms with Gasteiger partial charge >= 0.3 is 5.97 Å². The van der Waals surface area contributed by atoms with Crippen molar-refractivity contribution < 1.29 is 33.8 Å². The first-order chi connectivity index (χ1) is 25.8. The first-order valence-electron chi connectivity index (χ1n) is 20.1. The molecular weight excluding hydrogens is 705 g/mol. The number of carbonyl (C=O) groups excluding carboxylic acids is 4. The molecule has 1 fully saturated rings. The molecule has 1 aliphatic heterocycles. The van der Waals surface area contributed by atoms with Gasteiger partial charge in [0, 0.05) is 49.4 Å². The summed E-state index contributed by atoms with van der Waals surface area (Å²) in [7, 11) is 1.35. The van der Waals surface area contributed by atoms with Gasteiger partial charge in [-0.3, -0.25) is 19.2 Å². The number of nitrogens with zero attached hydrogens (tertiary/aromatic N) is 2. The molecule has 2 aromatic rings. The number of methoxy groups -OCH3 is 1. The van der Waals surface area contributed by atoms with Crippen molar-refractivity contribution >= 4 is 34.9 Å². The molecule has 1 aromatic carbocycles. The van der Waals surface area contributed by atoms with Crippen molar-refractivity contribution in [2.24, 2.45) is 23.7 Å². The van der Waals surface area contributed by atoms with E-state index in [0.29, 0.717) is 37.4 Å². The van der Waals surface area contributed by atoms with Crippen molar-refractivity contribution in [3.05, 3.63) is 45.9 Å². The number of amides is 2. The van der Waals surface area contributed by atoms with Crippen molar-refractivity contribution in [2.75, 3.05) is 26.8 Å². The van der Waals surface area contributed by atoms with Gasteiger partial charge in [-0.2, -0.15) is 0 Å². The number of piperidine rings is 1. The lowest BCUT2D eigenvalue weighted by Gasteiger charge is -2.39. The number of phenolic OH excluding ortho intramolecular Hbond substituents is 1. The number of aromatic hydroxyl groups is 1. The summed E-state index contributed by atoms with van der Waals surface area (Å²) >= 11 is 1.36. The van der Waals surface area contributed by atoms with Crippen LogP contribution in [0, 0.1) is 23.7 Å². The number of benzene rings is 1. The minimum atomic E-state index is -0.446. The summed E-state index contributed by atoms with van der Waals surface area (Å²) in [6, 6.07) is 6.03. The van der Waals surface area contributed by atoms with Gasteiger partial charge in [0.1, 0.15) is 22.6 Å². The molecule has 3 rings (SSSR count). The van der Waals surface area contributed by atoms with Crippen molar-refractivity contribution in [1.29, 1.82) is 0 Å². The Hall–Kier alpha value is -3.35. The van der Waals surface area contributed by atoms with Crippen LogP contribution in [-0.4, -0.2) is 83.5 Å². The van der Waals surface area contributed by atoms with Crippen molar-refractivity contribution in [2.45, 2.75) is 137 Å². The van der Waals surface area contributed by atoms with Crippen LogP contribution < -0.4 is 10.6 Å². The maximum atomic E-state index is 14.6. The molecule has 2 amide bonds. The van der Waals surface area contributed by atoms with E-state index in [0.717, 1.165) is 50.6 Å². The summed E-state index contributed by atoms with van der Waals surface area (Å²) in [5, 5.41) is 18.6. The lowest BCUT2D eigenvalue weighted by molar-refractivity contribution is -0.145. The molecule has 2 heterocycles. The molecule has 1 aromatic heterocycles. The second-order valence-electron chi connectivity index (χ2n) is 15.4. The number of hydrogen-bond donors (Lipinski definition) is 3. The number of thiazole rings is 1. The van der Waals surface area contributed by atoms with E-state index in [1.165, 1.54) is 18.4 Å². The number of aromatic nitrogens is 1. The van der Waals surface area contributed by atoms with Crippen molar-refractivity contribution in [1.82, 2.24) is 20.5 Å². The number of esters is 1. The highest BCUT2D eigenvalue weighted by Gasteiger charge is 2.38. The highest BCUT2D eigenvalue weighted by Crippen LogP contribution is 2.33. The Balaban J connectivity index is 1.86. The van der Waals surface area contributed by atoms with Crippen LogP contribution in [0.1, 0.15) is 133 Å². The maximum absolute atomic E-state index is 14.6. The Morgan fingerprint density at radius 1 is 1.04 bits per heavy atom. The second-order valence-corrected chi connectivity index (χ2v) is 16.3. The quantitative estimate of drug-likeness (QED) is 0.0993. The van der Waals surface area contributed by atoms with Gasteiger partial charge < -0.3 is 30.1 Å². The summed E-state index contributed by atoms with van der Waals surface area (Å²) in [6.07, 6.45) is 6.40. The number of carbonyl (C=O) groups is 4. The molecule has 0 bridgehead atoms. The summed E-state index contributed by atoms with van der Waals surface area (Å²) in [5.41, 5.74) is 1.16. The molecule has 7 atom stereocenters. The lowest BCUT2D eigenvalue weighted by atomic mass is 9.83. The molecular formula is C42H66N4O7S. The van der Waals surface area contributed by atoms with Crippen molar-refractivity contribution in [3.63, 3.8) is 0 Å². The first-order valence-corrected chi connectivity index (χ1v) is 21.0. The van der Waals surface area contributed by atoms with E-state index >= 15 is 0 Å². The summed E-state index contributed by atoms with van der Waals surface area (Å²) in [5.74, 6) is -1.09. The van der Waals surface area contributed by atoms with Gasteiger partial charge in [-0.25, -0.2) is 4.98 Å². The molecule has 0 radical (unpaired) electrons. The lowest BCUT2D eigenvalue weighted by Crippen LogP contribution is -2.50. The zero-order valence-corrected chi connectivity index (χ0v) is 34.7. The zero-order valence-electron chi connectivity index (χ0n) is 33.9. The van der Waals surface area contributed by atoms with E-state index in [-0.39, 0.29) is 65.4 Å². The number of Topliss-reactive ketones (excluding diaryl/α,β-unsaturated/α-hetero) is 1. The van der Waals surface area contributed by atoms with E-state index in [1.54, 1.807) is 36.6 Å². The molecule has 1 saturated heterocycles. The SMILES string of the molecule is CCCO[C@H](C[C@H](C(C)C)N(CCC)C(=O)[C@@H](CC(=O)[C@H]1CCCCN1)[C@@H](C)CC)c1nc(C(=O)N[C@@H](Cc2ccc(O)cc2)C[C@H](C)C(=O)OC)cs1. The smallest absolute Gasteiger partial charge is 0.308 e. The Bertz CT molecular complexity index is 1460. The number of ketones is 1. The fourth-order valence-electron chi connectivity index (χ4n) is 7.31. The Labute approximate surface area is 327 Å². The topological polar surface area (TPSA) is 147 Å². The fraction of sp³-hybridized carbons (Fsp3) is 0.690. The summed E-state index contributed by atoms with van der Waals surface area (Å²) in [4.78, 5) is 60.9. The third kappa shape index (κ3) is 13.4. The third-order valence-electron chi connectivity index (χ3n) is 10.7. The average molecular weight is 771 g/mol. The van der Waals surface area contributed by atoms with Gasteiger partial charge in [0.2, 0.25) is 5.91 Å². The predicted molar refractivity (Wildman–Crippen MR) is 213 cm³/mol. The van der Waals surface area contributed by atoms with Crippen LogP contribution in [0.3, 0.4) is 0 Å². The van der Waals surface area contributed by atoms with E-state index in [2.05, 4.69) is 45.3 Å². The number of nitrogens with one attached hydrogen (secondary N) is 2. The molecule has 54 heavy (non-hydrogen) atoms. The van der Waals surface area contributed by atoms with Gasteiger partial charge in [-0.05, 0) is 74.6 Å². The van der Waals surface area contributed by atoms with Crippen LogP contribution in [0.25, 0.3) is 0 Å². The normalized spacial score (nSPS) is 17.9. The molecule has 11 nitrogen and oxygen atoms in total. The Morgan fingerprint density at radius 2 is 1.76 bits per heavy atom. The number of rotatable bonds is 23. The van der Waals surface area contributed by atoms with Crippen LogP contribution in [0.5, 0.6) is 5.75 Å². The maximum Gasteiger partial charge on any atom is 0.308 e. The van der Waals surface area contributed by atoms with Crippen LogP contribution in [0.4, 0.5) is 0 Å². The molecule has 0 saturated carbocycles. The van der Waals surface area contributed by atoms with E-state index in [1.807, 2.05) is 11.8 Å². The van der Waals surface area contributed by atoms with Gasteiger partial charge in [-0.1, -0.05) is 73.4 Å². The highest BCUT2D eigenvalue weighted by molar-refractivity contribution is 7.09. The molecule has 3 N–H and O–H groups in total. The van der Waals surface area contributed by atoms with Crippen LogP contribution in [0.2, 0.25) is 0 Å². The third-order valence-corrected chi connectivity index (χ3v) is 11.6. The molecule has 0 aliphatic carbocycles. The Kier molecular flexibility index (Phi) is 19.1. The zero-order chi connectivity index (χ0) is 39.8. The fourth-order valence-corrected chi connectivity index (χ4v) is 8.17. The van der Waals surface area contributed by atoms with Gasteiger partial charge in [-0.15, -0.1) is 11.3 Å². The van der Waals surface area contributed by atoms with Crippen molar-refractivity contribution in [3.8, 4) is 5.75 Å². The molecule has 1 aliphatic rings. The summed E-state index contributed by atoms with van der Waals surface area (Å²) < 4.78 is 11.4. The van der Waals surface area contributed by atoms with E-state index in [9.17, 15) is 24.3 Å². The number of phenols is 1. The van der Waals surface area contributed by atoms with Gasteiger partial charge in [0.15, 0.2) is 5.78 Å². The molecule has 0 spiro atoms. The minimum Gasteiger partial charge on any atom is -0.508 e. The molecule has 0 unspecified atom stereocenters. The number of hydrogen-bond acceptors (Lipinski definition) is 10. The standard InChI is InChI=1S/C42H66N4O7S/c1-9-20-46(41(50)33(28(6)11-3)24-37(48)34-14-12-13-19-43-34)36(27(4)5)25-38(53-21-10-2)40-45-35(26-54-40)39(49)44-31(22-29(7)42(51)52-8)23-30-15-17-32(47)18-16-30/h15-18,26-29,31,33-34,36,38,43,47H,9-14,19-25H2,1-8H3,(H,44,49)/t28-,29-,31+,33-,34+,36+,38+/m0/s1. The Morgan fingerprint density at radius 3 is 2.35 bits per heavy atom. The van der Waals surface area contributed by atoms with Crippen LogP contribution in [-0.2, 0) is 30.3 Å². The summed E-state index contributed by atoms with van der Waals surface area (Å²) in [6.45, 7) is 16.2.